The average molecular weight is 773 g/mol. The molecule has 0 aliphatic carbocycles. The highest BCUT2D eigenvalue weighted by Gasteiger charge is 2.54. The van der Waals surface area contributed by atoms with Crippen LogP contribution in [-0.2, 0) is 44.4 Å². The van der Waals surface area contributed by atoms with Crippen LogP contribution in [0, 0.1) is 0 Å². The van der Waals surface area contributed by atoms with Gasteiger partial charge in [-0.15, -0.1) is 0 Å². The van der Waals surface area contributed by atoms with E-state index in [-0.39, 0.29) is 24.3 Å². The van der Waals surface area contributed by atoms with E-state index in [1.54, 1.807) is 0 Å². The first-order chi connectivity index (χ1) is 25.6. The fraction of sp³-hybridized carbons (Fsp3) is 0.559. The van der Waals surface area contributed by atoms with Crippen molar-refractivity contribution in [2.75, 3.05) is 33.0 Å². The molecule has 0 saturated carbocycles. The fourth-order valence-electron chi connectivity index (χ4n) is 5.92. The monoisotopic (exact) mass is 772 g/mol. The molecule has 0 spiro atoms. The summed E-state index contributed by atoms with van der Waals surface area (Å²) in [6.45, 7) is -3.04. The van der Waals surface area contributed by atoms with Crippen molar-refractivity contribution >= 4 is 12.0 Å². The SMILES string of the molecule is O=C(C=Cc1ccc(O)c(O)c1)O[C@H]1[C@H](O[C@@H]2O[C@H](CO)[C@@H](O)[C@H](O)[C@H]2O)[C@@H](O)[C@H](OCCc2ccc(O)c(O)c2)O[C@@H]1CO[C@@H]1OC[C@](O)(CO)[C@H]1O. The van der Waals surface area contributed by atoms with Gasteiger partial charge in [0.05, 0.1) is 33.0 Å². The van der Waals surface area contributed by atoms with E-state index in [2.05, 4.69) is 0 Å². The van der Waals surface area contributed by atoms with Crippen molar-refractivity contribution in [3.05, 3.63) is 53.6 Å². The molecule has 3 aliphatic heterocycles. The minimum Gasteiger partial charge on any atom is -0.504 e. The maximum Gasteiger partial charge on any atom is 0.331 e. The Labute approximate surface area is 306 Å². The highest BCUT2D eigenvalue weighted by molar-refractivity contribution is 5.87. The Morgan fingerprint density at radius 3 is 2.11 bits per heavy atom. The lowest BCUT2D eigenvalue weighted by atomic mass is 9.96. The summed E-state index contributed by atoms with van der Waals surface area (Å²) < 4.78 is 39.8. The van der Waals surface area contributed by atoms with Crippen LogP contribution in [0.3, 0.4) is 0 Å². The maximum absolute atomic E-state index is 13.2. The predicted octanol–water partition coefficient (Wildman–Crippen LogP) is -3.58. The number of aliphatic hydroxyl groups excluding tert-OH is 7. The van der Waals surface area contributed by atoms with Crippen LogP contribution in [0.1, 0.15) is 11.1 Å². The molecule has 20 nitrogen and oxygen atoms in total. The van der Waals surface area contributed by atoms with Gasteiger partial charge in [-0.05, 0) is 47.9 Å². The van der Waals surface area contributed by atoms with Crippen molar-refractivity contribution in [3.8, 4) is 23.0 Å². The molecule has 20 heteroatoms. The quantitative estimate of drug-likeness (QED) is 0.0502. The number of benzene rings is 2. The number of carbonyl (C=O) groups is 1. The Morgan fingerprint density at radius 1 is 0.778 bits per heavy atom. The second-order valence-corrected chi connectivity index (χ2v) is 13.0. The van der Waals surface area contributed by atoms with Gasteiger partial charge in [-0.3, -0.25) is 0 Å². The standard InChI is InChI=1S/C34H44O20/c35-11-21-24(42)25(43)26(44)32(51-21)54-29-27(45)31(48-8-7-16-2-5-18(38)20(40)10-16)52-22(12-49-33-30(46)34(47,13-36)14-50-33)28(29)53-23(41)6-3-15-1-4-17(37)19(39)9-15/h1-6,9-10,21-22,24-33,35-40,42-47H,7-8,11-14H2/t21-,22-,24-,25+,26-,27-,28-,29-,30+,31-,32+,33-,34-/m1/s1. The second kappa shape index (κ2) is 17.8. The molecule has 12 N–H and O–H groups in total. The normalized spacial score (nSPS) is 35.7. The minimum absolute atomic E-state index is 0.109. The third-order valence-electron chi connectivity index (χ3n) is 9.14. The van der Waals surface area contributed by atoms with Gasteiger partial charge in [-0.2, -0.15) is 0 Å². The average Bonchev–Trinajstić information content (AvgIpc) is 3.44. The van der Waals surface area contributed by atoms with Crippen molar-refractivity contribution in [1.29, 1.82) is 0 Å². The topological polar surface area (TPSA) is 324 Å². The largest absolute Gasteiger partial charge is 0.504 e. The first-order valence-electron chi connectivity index (χ1n) is 16.7. The summed E-state index contributed by atoms with van der Waals surface area (Å²) in [5.74, 6) is -2.72. The molecule has 300 valence electrons. The number of carbonyl (C=O) groups excluding carboxylic acids is 1. The molecule has 0 radical (unpaired) electrons. The van der Waals surface area contributed by atoms with E-state index in [0.29, 0.717) is 5.56 Å². The van der Waals surface area contributed by atoms with Crippen LogP contribution in [0.5, 0.6) is 23.0 Å². The number of aromatic hydroxyl groups is 4. The van der Waals surface area contributed by atoms with E-state index in [0.717, 1.165) is 12.1 Å². The zero-order chi connectivity index (χ0) is 39.3. The number of phenols is 4. The molecular formula is C34H44O20. The van der Waals surface area contributed by atoms with Crippen LogP contribution in [0.4, 0.5) is 0 Å². The molecule has 2 aromatic rings. The van der Waals surface area contributed by atoms with Crippen LogP contribution < -0.4 is 0 Å². The number of hydrogen-bond acceptors (Lipinski definition) is 20. The zero-order valence-electron chi connectivity index (χ0n) is 28.4. The van der Waals surface area contributed by atoms with Gasteiger partial charge in [0.15, 0.2) is 48.0 Å². The molecule has 3 fully saturated rings. The molecule has 0 aromatic heterocycles. The molecule has 0 unspecified atom stereocenters. The van der Waals surface area contributed by atoms with Crippen LogP contribution in [0.15, 0.2) is 42.5 Å². The fourth-order valence-corrected chi connectivity index (χ4v) is 5.92. The summed E-state index contributed by atoms with van der Waals surface area (Å²) in [6.07, 6.45) is -18.5. The molecule has 5 rings (SSSR count). The number of rotatable bonds is 14. The number of phenolic OH excluding ortho intramolecular Hbond substituents is 4. The van der Waals surface area contributed by atoms with Gasteiger partial charge in [-0.1, -0.05) is 12.1 Å². The Kier molecular flexibility index (Phi) is 13.7. The van der Waals surface area contributed by atoms with Crippen LogP contribution >= 0.6 is 0 Å². The Balaban J connectivity index is 1.43. The number of ether oxygens (including phenoxy) is 7. The van der Waals surface area contributed by atoms with Crippen LogP contribution in [-0.4, -0.2) is 180 Å². The lowest BCUT2D eigenvalue weighted by Crippen LogP contribution is -2.65. The molecule has 3 aliphatic rings. The smallest absolute Gasteiger partial charge is 0.331 e. The Bertz CT molecular complexity index is 1590. The predicted molar refractivity (Wildman–Crippen MR) is 175 cm³/mol. The zero-order valence-corrected chi connectivity index (χ0v) is 28.4. The van der Waals surface area contributed by atoms with Gasteiger partial charge in [0.25, 0.3) is 0 Å². The van der Waals surface area contributed by atoms with E-state index in [4.69, 9.17) is 33.2 Å². The molecule has 0 amide bonds. The summed E-state index contributed by atoms with van der Waals surface area (Å²) in [7, 11) is 0. The van der Waals surface area contributed by atoms with Crippen molar-refractivity contribution in [1.82, 2.24) is 0 Å². The van der Waals surface area contributed by atoms with Crippen molar-refractivity contribution in [2.45, 2.75) is 85.8 Å². The first kappa shape index (κ1) is 41.5. The number of aliphatic hydroxyl groups is 8. The van der Waals surface area contributed by atoms with E-state index in [9.17, 15) is 66.1 Å². The van der Waals surface area contributed by atoms with E-state index in [1.807, 2.05) is 0 Å². The van der Waals surface area contributed by atoms with Crippen molar-refractivity contribution < 1.29 is 99.2 Å². The summed E-state index contributed by atoms with van der Waals surface area (Å²) in [5, 5.41) is 122. The third-order valence-corrected chi connectivity index (χ3v) is 9.14. The van der Waals surface area contributed by atoms with E-state index >= 15 is 0 Å². The molecular weight excluding hydrogens is 728 g/mol. The highest BCUT2D eigenvalue weighted by Crippen LogP contribution is 2.34. The Morgan fingerprint density at radius 2 is 1.46 bits per heavy atom. The van der Waals surface area contributed by atoms with E-state index < -0.39 is 129 Å². The van der Waals surface area contributed by atoms with Gasteiger partial charge < -0.3 is 94.4 Å². The van der Waals surface area contributed by atoms with Gasteiger partial charge in [0.1, 0.15) is 54.4 Å². The lowest BCUT2D eigenvalue weighted by molar-refractivity contribution is -0.362. The summed E-state index contributed by atoms with van der Waals surface area (Å²) in [5.41, 5.74) is -1.30. The third kappa shape index (κ3) is 9.38. The summed E-state index contributed by atoms with van der Waals surface area (Å²) in [4.78, 5) is 13.2. The molecule has 0 bridgehead atoms. The second-order valence-electron chi connectivity index (χ2n) is 13.0. The summed E-state index contributed by atoms with van der Waals surface area (Å²) >= 11 is 0. The first-order valence-corrected chi connectivity index (χ1v) is 16.7. The Hall–Kier alpha value is -3.71. The van der Waals surface area contributed by atoms with Crippen LogP contribution in [0.25, 0.3) is 6.08 Å². The molecule has 3 saturated heterocycles. The number of hydrogen-bond donors (Lipinski definition) is 12. The molecule has 2 aromatic carbocycles. The van der Waals surface area contributed by atoms with Gasteiger partial charge in [0.2, 0.25) is 0 Å². The summed E-state index contributed by atoms with van der Waals surface area (Å²) in [6, 6.07) is 7.73. The number of esters is 1. The maximum atomic E-state index is 13.2. The van der Waals surface area contributed by atoms with Crippen molar-refractivity contribution in [2.24, 2.45) is 0 Å². The van der Waals surface area contributed by atoms with Gasteiger partial charge in [-0.25, -0.2) is 4.79 Å². The van der Waals surface area contributed by atoms with Crippen LogP contribution in [0.2, 0.25) is 0 Å². The van der Waals surface area contributed by atoms with Gasteiger partial charge in [0, 0.05) is 6.08 Å². The van der Waals surface area contributed by atoms with Gasteiger partial charge >= 0.3 is 5.97 Å². The molecule has 3 heterocycles. The lowest BCUT2D eigenvalue weighted by Gasteiger charge is -2.47. The molecule has 13 atom stereocenters. The molecule has 54 heavy (non-hydrogen) atoms. The van der Waals surface area contributed by atoms with E-state index in [1.165, 1.54) is 36.4 Å². The van der Waals surface area contributed by atoms with Crippen molar-refractivity contribution in [3.63, 3.8) is 0 Å². The highest BCUT2D eigenvalue weighted by atomic mass is 16.8. The minimum atomic E-state index is -2.07.